The first-order chi connectivity index (χ1) is 14.6. The first-order valence-corrected chi connectivity index (χ1v) is 8.19. The molecule has 2 heteroatoms. The Morgan fingerprint density at radius 2 is 2.32 bits per heavy atom. The van der Waals surface area contributed by atoms with Crippen molar-refractivity contribution >= 4 is 0 Å². The number of ether oxygens (including phenoxy) is 1. The highest BCUT2D eigenvalue weighted by Crippen LogP contribution is 2.55. The molecule has 120 valence electrons. The number of hydrogen-bond donors (Lipinski definition) is 0. The van der Waals surface area contributed by atoms with Gasteiger partial charge in [-0.15, -0.1) is 0 Å². The summed E-state index contributed by atoms with van der Waals surface area (Å²) in [6.45, 7) is -8.04. The van der Waals surface area contributed by atoms with Crippen LogP contribution in [0, 0.1) is 5.92 Å². The molecule has 4 rings (SSSR count). The summed E-state index contributed by atoms with van der Waals surface area (Å²) >= 11 is 0. The third-order valence-electron chi connectivity index (χ3n) is 6.03. The number of likely N-dealkylation sites (N-methyl/N-ethyl adjacent to an activating group) is 1. The van der Waals surface area contributed by atoms with Gasteiger partial charge in [-0.1, -0.05) is 18.9 Å². The van der Waals surface area contributed by atoms with Crippen LogP contribution >= 0.6 is 0 Å². The standard InChI is InChI=1S/C20H29NO/c1-14(2)22-16-8-7-15-12-19-17-6-4-5-9-20(17,18(15)13-16)10-11-21(19)3/h7-8,13-14,17,19H,4-6,9-12H2,1-3H3/t17-,19-,20-/m1/s1/i1D3,2D3,3D3,14D. The van der Waals surface area contributed by atoms with Gasteiger partial charge in [0.1, 0.15) is 5.75 Å². The molecule has 1 saturated carbocycles. The van der Waals surface area contributed by atoms with Gasteiger partial charge in [-0.2, -0.15) is 0 Å². The van der Waals surface area contributed by atoms with Crippen molar-refractivity contribution < 1.29 is 18.4 Å². The third-order valence-corrected chi connectivity index (χ3v) is 6.03. The first-order valence-electron chi connectivity index (χ1n) is 13.2. The van der Waals surface area contributed by atoms with Gasteiger partial charge in [0.25, 0.3) is 0 Å². The summed E-state index contributed by atoms with van der Waals surface area (Å²) in [7, 11) is 0. The molecule has 3 aliphatic rings. The molecule has 2 nitrogen and oxygen atoms in total. The Hall–Kier alpha value is -1.02. The SMILES string of the molecule is [2H]C([2H])([2H])N1CC[C@]23CCCC[C@@H]2[C@H]1Cc1ccc(OC([2H])(C([2H])([2H])[2H])C([2H])([2H])[2H])cc13. The second-order valence-electron chi connectivity index (χ2n) is 6.97. The fourth-order valence-electron chi connectivity index (χ4n) is 5.17. The summed E-state index contributed by atoms with van der Waals surface area (Å²) < 4.78 is 83.3. The van der Waals surface area contributed by atoms with Crippen molar-refractivity contribution in [3.8, 4) is 5.75 Å². The van der Waals surface area contributed by atoms with Crippen molar-refractivity contribution in [3.05, 3.63) is 29.3 Å². The Labute approximate surface area is 148 Å². The predicted octanol–water partition coefficient (Wildman–Crippen LogP) is 4.16. The van der Waals surface area contributed by atoms with Crippen LogP contribution in [0.4, 0.5) is 0 Å². The van der Waals surface area contributed by atoms with Gasteiger partial charge in [-0.25, -0.2) is 0 Å². The summed E-state index contributed by atoms with van der Waals surface area (Å²) in [5.74, 6) is 0.223. The van der Waals surface area contributed by atoms with Crippen LogP contribution in [-0.2, 0) is 11.8 Å². The Morgan fingerprint density at radius 3 is 3.18 bits per heavy atom. The number of likely N-dealkylation sites (tertiary alicyclic amines) is 1. The summed E-state index contributed by atoms with van der Waals surface area (Å²) in [5.41, 5.74) is 1.76. The lowest BCUT2D eigenvalue weighted by Crippen LogP contribution is -2.59. The van der Waals surface area contributed by atoms with Gasteiger partial charge < -0.3 is 9.64 Å². The van der Waals surface area contributed by atoms with Gasteiger partial charge in [0.15, 0.2) is 0 Å². The highest BCUT2D eigenvalue weighted by molar-refractivity contribution is 5.45. The molecule has 2 bridgehead atoms. The Balaban J connectivity index is 1.77. The van der Waals surface area contributed by atoms with Crippen molar-refractivity contribution in [1.29, 1.82) is 0 Å². The highest BCUT2D eigenvalue weighted by Gasteiger charge is 2.53. The molecule has 0 amide bonds. The molecule has 1 aromatic carbocycles. The monoisotopic (exact) mass is 309 g/mol. The molecule has 3 atom stereocenters. The molecule has 0 spiro atoms. The van der Waals surface area contributed by atoms with E-state index in [-0.39, 0.29) is 23.1 Å². The van der Waals surface area contributed by atoms with E-state index in [0.29, 0.717) is 19.4 Å². The lowest BCUT2D eigenvalue weighted by Gasteiger charge is -2.58. The fourth-order valence-corrected chi connectivity index (χ4v) is 5.17. The van der Waals surface area contributed by atoms with Gasteiger partial charge >= 0.3 is 0 Å². The fraction of sp³-hybridized carbons (Fsp3) is 0.700. The van der Waals surface area contributed by atoms with E-state index in [1.807, 2.05) is 0 Å². The quantitative estimate of drug-likeness (QED) is 0.813. The second-order valence-corrected chi connectivity index (χ2v) is 6.97. The average molecular weight is 310 g/mol. The van der Waals surface area contributed by atoms with Crippen LogP contribution in [0.1, 0.15) is 70.6 Å². The Morgan fingerprint density at radius 1 is 1.36 bits per heavy atom. The van der Waals surface area contributed by atoms with E-state index in [4.69, 9.17) is 18.4 Å². The minimum Gasteiger partial charge on any atom is -0.491 e. The van der Waals surface area contributed by atoms with Crippen LogP contribution in [0.2, 0.25) is 0 Å². The molecule has 1 saturated heterocycles. The normalized spacial score (nSPS) is 43.1. The molecule has 0 N–H and O–H groups in total. The van der Waals surface area contributed by atoms with E-state index in [9.17, 15) is 0 Å². The molecule has 2 fully saturated rings. The molecule has 0 aromatic heterocycles. The minimum atomic E-state index is -3.17. The van der Waals surface area contributed by atoms with E-state index >= 15 is 0 Å². The third kappa shape index (κ3) is 2.11. The largest absolute Gasteiger partial charge is 0.491 e. The molecule has 1 aliphatic heterocycles. The molecule has 22 heavy (non-hydrogen) atoms. The van der Waals surface area contributed by atoms with E-state index in [2.05, 4.69) is 0 Å². The van der Waals surface area contributed by atoms with E-state index in [0.717, 1.165) is 36.8 Å². The minimum absolute atomic E-state index is 0.0569. The number of nitrogens with zero attached hydrogens (tertiary/aromatic N) is 1. The molecule has 1 heterocycles. The van der Waals surface area contributed by atoms with Crippen LogP contribution in [0.5, 0.6) is 5.75 Å². The molecular weight excluding hydrogens is 270 g/mol. The molecule has 1 aromatic rings. The van der Waals surface area contributed by atoms with Crippen LogP contribution in [0.3, 0.4) is 0 Å². The van der Waals surface area contributed by atoms with Crippen molar-refractivity contribution in [2.24, 2.45) is 5.92 Å². The van der Waals surface area contributed by atoms with Gasteiger partial charge in [0.2, 0.25) is 0 Å². The molecule has 0 unspecified atom stereocenters. The lowest BCUT2D eigenvalue weighted by molar-refractivity contribution is 0.00266. The number of rotatable bonds is 2. The van der Waals surface area contributed by atoms with Crippen LogP contribution in [0.25, 0.3) is 0 Å². The summed E-state index contributed by atoms with van der Waals surface area (Å²) in [6.07, 6.45) is 2.06. The zero-order chi connectivity index (χ0) is 23.7. The van der Waals surface area contributed by atoms with Gasteiger partial charge in [0.05, 0.1) is 7.45 Å². The Kier molecular flexibility index (Phi) is 1.74. The highest BCUT2D eigenvalue weighted by atomic mass is 16.5. The van der Waals surface area contributed by atoms with Crippen molar-refractivity contribution in [2.45, 2.75) is 69.8 Å². The van der Waals surface area contributed by atoms with Gasteiger partial charge in [-0.3, -0.25) is 0 Å². The van der Waals surface area contributed by atoms with Crippen molar-refractivity contribution in [1.82, 2.24) is 4.90 Å². The summed E-state index contributed by atoms with van der Waals surface area (Å²) in [5, 5.41) is 0. The van der Waals surface area contributed by atoms with Gasteiger partial charge in [-0.05, 0) is 82.1 Å². The van der Waals surface area contributed by atoms with Crippen LogP contribution in [-0.4, -0.2) is 30.5 Å². The van der Waals surface area contributed by atoms with Crippen molar-refractivity contribution in [2.75, 3.05) is 13.5 Å². The second kappa shape index (κ2) is 5.26. The topological polar surface area (TPSA) is 12.5 Å². The maximum Gasteiger partial charge on any atom is 0.119 e. The van der Waals surface area contributed by atoms with Crippen LogP contribution < -0.4 is 4.74 Å². The maximum absolute atomic E-state index is 8.20. The molecule has 0 radical (unpaired) electrons. The first kappa shape index (κ1) is 7.25. The maximum atomic E-state index is 8.20. The summed E-state index contributed by atoms with van der Waals surface area (Å²) in [6, 6.07) is 4.92. The van der Waals surface area contributed by atoms with Crippen molar-refractivity contribution in [3.63, 3.8) is 0 Å². The molecular formula is C20H29NO. The Bertz CT molecular complexity index is 863. The molecule has 2 aliphatic carbocycles. The zero-order valence-electron chi connectivity index (χ0n) is 22.7. The lowest BCUT2D eigenvalue weighted by atomic mass is 9.52. The van der Waals surface area contributed by atoms with Crippen LogP contribution in [0.15, 0.2) is 18.2 Å². The zero-order valence-corrected chi connectivity index (χ0v) is 12.7. The average Bonchev–Trinajstić information content (AvgIpc) is 2.65. The van der Waals surface area contributed by atoms with Gasteiger partial charge in [0, 0.05) is 23.8 Å². The predicted molar refractivity (Wildman–Crippen MR) is 90.6 cm³/mol. The number of hydrogen-bond acceptors (Lipinski definition) is 2. The number of fused-ring (bicyclic) bond motifs is 1. The van der Waals surface area contributed by atoms with E-state index in [1.165, 1.54) is 6.07 Å². The van der Waals surface area contributed by atoms with E-state index in [1.54, 1.807) is 17.0 Å². The van der Waals surface area contributed by atoms with E-state index < -0.39 is 26.8 Å². The number of piperidine rings is 1. The summed E-state index contributed by atoms with van der Waals surface area (Å²) in [4.78, 5) is 1.66. The smallest absolute Gasteiger partial charge is 0.119 e. The number of benzene rings is 1.